The van der Waals surface area contributed by atoms with Crippen LogP contribution in [-0.4, -0.2) is 50.3 Å². The third kappa shape index (κ3) is 3.91. The number of imidazole rings is 1. The van der Waals surface area contributed by atoms with Gasteiger partial charge in [-0.05, 0) is 23.8 Å². The molecule has 0 saturated carbocycles. The number of rotatable bonds is 6. The molecule has 2 N–H and O–H groups in total. The van der Waals surface area contributed by atoms with E-state index in [0.717, 1.165) is 49.7 Å². The van der Waals surface area contributed by atoms with Crippen molar-refractivity contribution in [3.8, 4) is 5.75 Å². The van der Waals surface area contributed by atoms with Crippen LogP contribution in [0.5, 0.6) is 5.75 Å². The van der Waals surface area contributed by atoms with Crippen molar-refractivity contribution in [3.05, 3.63) is 65.5 Å². The predicted molar refractivity (Wildman–Crippen MR) is 104 cm³/mol. The lowest BCUT2D eigenvalue weighted by molar-refractivity contribution is 0.0995. The normalized spacial score (nSPS) is 14.5. The van der Waals surface area contributed by atoms with E-state index in [9.17, 15) is 4.79 Å². The van der Waals surface area contributed by atoms with Crippen LogP contribution in [0.2, 0.25) is 0 Å². The number of ether oxygens (including phenoxy) is 1. The van der Waals surface area contributed by atoms with Crippen LogP contribution in [0.4, 0.5) is 0 Å². The van der Waals surface area contributed by atoms with Crippen molar-refractivity contribution in [1.29, 1.82) is 0 Å². The average Bonchev–Trinajstić information content (AvgIpc) is 3.30. The monoisotopic (exact) mass is 380 g/mol. The molecule has 1 aromatic carbocycles. The van der Waals surface area contributed by atoms with Gasteiger partial charge in [0.05, 0.1) is 13.7 Å². The van der Waals surface area contributed by atoms with Gasteiger partial charge in [0, 0.05) is 56.8 Å². The Hall–Kier alpha value is -3.13. The highest BCUT2D eigenvalue weighted by Gasteiger charge is 2.18. The Balaban J connectivity index is 1.45. The van der Waals surface area contributed by atoms with Crippen LogP contribution in [0.25, 0.3) is 0 Å². The average molecular weight is 380 g/mol. The van der Waals surface area contributed by atoms with Crippen molar-refractivity contribution >= 4 is 5.91 Å². The van der Waals surface area contributed by atoms with Gasteiger partial charge in [0.25, 0.3) is 5.91 Å². The number of hydrogen-bond acceptors (Lipinski definition) is 5. The summed E-state index contributed by atoms with van der Waals surface area (Å²) in [4.78, 5) is 18.1. The van der Waals surface area contributed by atoms with Crippen molar-refractivity contribution in [2.24, 2.45) is 5.73 Å². The first-order valence-electron chi connectivity index (χ1n) is 9.34. The van der Waals surface area contributed by atoms with E-state index in [1.54, 1.807) is 19.5 Å². The van der Waals surface area contributed by atoms with Gasteiger partial charge in [0.1, 0.15) is 17.3 Å². The van der Waals surface area contributed by atoms with Crippen LogP contribution in [0.3, 0.4) is 0 Å². The Morgan fingerprint density at radius 3 is 2.89 bits per heavy atom. The molecule has 3 aromatic rings. The first-order chi connectivity index (χ1) is 13.6. The fraction of sp³-hybridized carbons (Fsp3) is 0.350. The summed E-state index contributed by atoms with van der Waals surface area (Å²) in [6.45, 7) is 4.10. The molecule has 1 amide bonds. The summed E-state index contributed by atoms with van der Waals surface area (Å²) in [6.07, 6.45) is 6.28. The number of fused-ring (bicyclic) bond motifs is 1. The fourth-order valence-corrected chi connectivity index (χ4v) is 3.62. The van der Waals surface area contributed by atoms with Crippen LogP contribution >= 0.6 is 0 Å². The quantitative estimate of drug-likeness (QED) is 0.696. The van der Waals surface area contributed by atoms with Crippen molar-refractivity contribution in [2.75, 3.05) is 20.2 Å². The minimum Gasteiger partial charge on any atom is -0.496 e. The van der Waals surface area contributed by atoms with E-state index in [0.29, 0.717) is 12.2 Å². The van der Waals surface area contributed by atoms with E-state index in [1.165, 1.54) is 5.56 Å². The number of benzene rings is 1. The second kappa shape index (κ2) is 7.85. The molecule has 1 aliphatic rings. The zero-order valence-electron chi connectivity index (χ0n) is 15.9. The molecule has 0 spiro atoms. The molecule has 0 bridgehead atoms. The zero-order chi connectivity index (χ0) is 19.5. The van der Waals surface area contributed by atoms with E-state index in [2.05, 4.69) is 27.1 Å². The number of hydrogen-bond donors (Lipinski definition) is 1. The van der Waals surface area contributed by atoms with E-state index < -0.39 is 5.91 Å². The Morgan fingerprint density at radius 1 is 1.25 bits per heavy atom. The van der Waals surface area contributed by atoms with E-state index in [-0.39, 0.29) is 0 Å². The second-order valence-corrected chi connectivity index (χ2v) is 6.98. The molecule has 1 aliphatic heterocycles. The first-order valence-corrected chi connectivity index (χ1v) is 9.34. The smallest absolute Gasteiger partial charge is 0.268 e. The van der Waals surface area contributed by atoms with Gasteiger partial charge in [-0.15, -0.1) is 0 Å². The fourth-order valence-electron chi connectivity index (χ4n) is 3.62. The Kier molecular flexibility index (Phi) is 5.12. The maximum absolute atomic E-state index is 11.3. The highest BCUT2D eigenvalue weighted by molar-refractivity contribution is 5.90. The van der Waals surface area contributed by atoms with Gasteiger partial charge in [0.15, 0.2) is 0 Å². The number of aromatic nitrogens is 4. The molecule has 28 heavy (non-hydrogen) atoms. The maximum Gasteiger partial charge on any atom is 0.268 e. The minimum atomic E-state index is -0.472. The summed E-state index contributed by atoms with van der Waals surface area (Å²) < 4.78 is 9.45. The SMILES string of the molecule is COc1ccc(CN2CCc3nc(C(N)=O)cn3CC2)cc1Cn1cccn1. The molecule has 0 atom stereocenters. The van der Waals surface area contributed by atoms with Gasteiger partial charge in [-0.25, -0.2) is 4.98 Å². The van der Waals surface area contributed by atoms with Crippen LogP contribution < -0.4 is 10.5 Å². The topological polar surface area (TPSA) is 91.2 Å². The largest absolute Gasteiger partial charge is 0.496 e. The molecular formula is C20H24N6O2. The third-order valence-corrected chi connectivity index (χ3v) is 5.06. The van der Waals surface area contributed by atoms with Gasteiger partial charge >= 0.3 is 0 Å². The number of methoxy groups -OCH3 is 1. The maximum atomic E-state index is 11.3. The van der Waals surface area contributed by atoms with Crippen LogP contribution in [0, 0.1) is 0 Å². The molecule has 2 aromatic heterocycles. The first kappa shape index (κ1) is 18.2. The van der Waals surface area contributed by atoms with Gasteiger partial charge < -0.3 is 15.0 Å². The Labute approximate surface area is 163 Å². The molecule has 0 radical (unpaired) electrons. The van der Waals surface area contributed by atoms with Crippen molar-refractivity contribution in [1.82, 2.24) is 24.2 Å². The standard InChI is InChI=1S/C20H24N6O2/c1-28-18-4-3-15(11-16(18)13-26-7-2-6-22-26)12-24-8-5-19-23-17(20(21)27)14-25(19)10-9-24/h2-4,6-7,11,14H,5,8-10,12-13H2,1H3,(H2,21,27). The van der Waals surface area contributed by atoms with Crippen molar-refractivity contribution in [3.63, 3.8) is 0 Å². The van der Waals surface area contributed by atoms with Crippen LogP contribution in [0.1, 0.15) is 27.4 Å². The molecule has 8 nitrogen and oxygen atoms in total. The lowest BCUT2D eigenvalue weighted by Crippen LogP contribution is -2.26. The highest BCUT2D eigenvalue weighted by Crippen LogP contribution is 2.22. The van der Waals surface area contributed by atoms with Gasteiger partial charge in [0.2, 0.25) is 0 Å². The van der Waals surface area contributed by atoms with Crippen LogP contribution in [0.15, 0.2) is 42.9 Å². The summed E-state index contributed by atoms with van der Waals surface area (Å²) in [7, 11) is 1.69. The van der Waals surface area contributed by atoms with Gasteiger partial charge in [-0.1, -0.05) is 6.07 Å². The molecule has 8 heteroatoms. The summed E-state index contributed by atoms with van der Waals surface area (Å²) in [5.74, 6) is 1.32. The third-order valence-electron chi connectivity index (χ3n) is 5.06. The number of primary amides is 1. The van der Waals surface area contributed by atoms with E-state index in [1.807, 2.05) is 27.6 Å². The zero-order valence-corrected chi connectivity index (χ0v) is 15.9. The summed E-state index contributed by atoms with van der Waals surface area (Å²) >= 11 is 0. The molecular weight excluding hydrogens is 356 g/mol. The predicted octanol–water partition coefficient (Wildman–Crippen LogP) is 1.29. The number of nitrogens with two attached hydrogens (primary N) is 1. The molecule has 3 heterocycles. The molecule has 0 fully saturated rings. The second-order valence-electron chi connectivity index (χ2n) is 6.98. The Morgan fingerprint density at radius 2 is 2.14 bits per heavy atom. The van der Waals surface area contributed by atoms with E-state index in [4.69, 9.17) is 10.5 Å². The number of carbonyl (C=O) groups excluding carboxylic acids is 1. The molecule has 0 aliphatic carbocycles. The Bertz CT molecular complexity index is 938. The van der Waals surface area contributed by atoms with Crippen LogP contribution in [-0.2, 0) is 26.1 Å². The molecule has 4 rings (SSSR count). The van der Waals surface area contributed by atoms with Crippen molar-refractivity contribution in [2.45, 2.75) is 26.1 Å². The number of amides is 1. The minimum absolute atomic E-state index is 0.349. The van der Waals surface area contributed by atoms with Crippen molar-refractivity contribution < 1.29 is 9.53 Å². The molecule has 0 unspecified atom stereocenters. The van der Waals surface area contributed by atoms with Gasteiger partial charge in [-0.3, -0.25) is 14.4 Å². The lowest BCUT2D eigenvalue weighted by Gasteiger charge is -2.20. The van der Waals surface area contributed by atoms with Gasteiger partial charge in [-0.2, -0.15) is 5.10 Å². The number of nitrogens with zero attached hydrogens (tertiary/aromatic N) is 5. The summed E-state index contributed by atoms with van der Waals surface area (Å²) in [5.41, 5.74) is 8.03. The lowest BCUT2D eigenvalue weighted by atomic mass is 10.1. The summed E-state index contributed by atoms with van der Waals surface area (Å²) in [5, 5.41) is 4.29. The van der Waals surface area contributed by atoms with E-state index >= 15 is 0 Å². The number of carbonyl (C=O) groups is 1. The molecule has 0 saturated heterocycles. The molecule has 146 valence electrons. The highest BCUT2D eigenvalue weighted by atomic mass is 16.5. The summed E-state index contributed by atoms with van der Waals surface area (Å²) in [6, 6.07) is 8.24.